The number of nitrogens with one attached hydrogen (secondary N) is 1. The fourth-order valence-electron chi connectivity index (χ4n) is 2.86. The van der Waals surface area contributed by atoms with Crippen LogP contribution in [0.5, 0.6) is 0 Å². The summed E-state index contributed by atoms with van der Waals surface area (Å²) in [6.07, 6.45) is 1.98. The van der Waals surface area contributed by atoms with Crippen molar-refractivity contribution < 1.29 is 0 Å². The molecule has 0 aliphatic heterocycles. The Hall–Kier alpha value is -1.13. The van der Waals surface area contributed by atoms with E-state index in [0.29, 0.717) is 0 Å². The number of aromatic nitrogens is 2. The Labute approximate surface area is 128 Å². The van der Waals surface area contributed by atoms with Gasteiger partial charge in [-0.3, -0.25) is 0 Å². The molecule has 0 amide bonds. The van der Waals surface area contributed by atoms with Gasteiger partial charge in [-0.15, -0.1) is 10.2 Å². The molecule has 1 aliphatic rings. The minimum Gasteiger partial charge on any atom is -0.353 e. The topological polar surface area (TPSA) is 37.8 Å². The van der Waals surface area contributed by atoms with E-state index in [2.05, 4.69) is 48.4 Å². The number of fused-ring (bicyclic) bond motifs is 1. The minimum atomic E-state index is 0.144. The maximum atomic E-state index is 6.16. The Morgan fingerprint density at radius 2 is 2.20 bits per heavy atom. The predicted molar refractivity (Wildman–Crippen MR) is 84.6 cm³/mol. The van der Waals surface area contributed by atoms with Gasteiger partial charge in [-0.1, -0.05) is 49.8 Å². The van der Waals surface area contributed by atoms with Crippen molar-refractivity contribution in [3.63, 3.8) is 0 Å². The van der Waals surface area contributed by atoms with Gasteiger partial charge in [0.15, 0.2) is 0 Å². The standard InChI is InChI=1S/C15H18ClN3S/c1-4-12-18-19-14(20-12)17-13-11-7-10(16)6-5-9(11)8-15(13,2)3/h5-7,13H,4,8H2,1-3H3,(H,17,19). The summed E-state index contributed by atoms with van der Waals surface area (Å²) in [6, 6.07) is 6.41. The van der Waals surface area contributed by atoms with E-state index in [1.165, 1.54) is 11.1 Å². The maximum absolute atomic E-state index is 6.16. The highest BCUT2D eigenvalue weighted by molar-refractivity contribution is 7.15. The third-order valence-electron chi connectivity index (χ3n) is 3.88. The van der Waals surface area contributed by atoms with Crippen LogP contribution in [-0.2, 0) is 12.8 Å². The average molecular weight is 308 g/mol. The van der Waals surface area contributed by atoms with Crippen LogP contribution in [0.25, 0.3) is 0 Å². The molecule has 1 aromatic carbocycles. The number of anilines is 1. The van der Waals surface area contributed by atoms with E-state index >= 15 is 0 Å². The van der Waals surface area contributed by atoms with Crippen LogP contribution < -0.4 is 5.32 Å². The Morgan fingerprint density at radius 3 is 2.90 bits per heavy atom. The van der Waals surface area contributed by atoms with E-state index in [0.717, 1.165) is 28.0 Å². The van der Waals surface area contributed by atoms with Gasteiger partial charge in [-0.2, -0.15) is 0 Å². The summed E-state index contributed by atoms with van der Waals surface area (Å²) in [4.78, 5) is 0. The monoisotopic (exact) mass is 307 g/mol. The Balaban J connectivity index is 1.93. The fourth-order valence-corrected chi connectivity index (χ4v) is 3.75. The summed E-state index contributed by atoms with van der Waals surface area (Å²) in [5.74, 6) is 0. The van der Waals surface area contributed by atoms with Crippen LogP contribution in [0.15, 0.2) is 18.2 Å². The highest BCUT2D eigenvalue weighted by Gasteiger charge is 2.39. The summed E-state index contributed by atoms with van der Waals surface area (Å²) in [5.41, 5.74) is 2.80. The molecule has 1 unspecified atom stereocenters. The van der Waals surface area contributed by atoms with E-state index in [4.69, 9.17) is 11.6 Å². The number of aryl methyl sites for hydroxylation is 1. The molecule has 0 spiro atoms. The minimum absolute atomic E-state index is 0.144. The van der Waals surface area contributed by atoms with Crippen molar-refractivity contribution in [2.24, 2.45) is 5.41 Å². The molecule has 0 fully saturated rings. The Bertz CT molecular complexity index is 636. The molecule has 0 saturated carbocycles. The van der Waals surface area contributed by atoms with Gasteiger partial charge >= 0.3 is 0 Å². The number of benzene rings is 1. The lowest BCUT2D eigenvalue weighted by Gasteiger charge is -2.28. The molecule has 20 heavy (non-hydrogen) atoms. The summed E-state index contributed by atoms with van der Waals surface area (Å²) >= 11 is 7.79. The molecule has 0 bridgehead atoms. The Kier molecular flexibility index (Phi) is 3.46. The second-order valence-corrected chi connectivity index (χ2v) is 7.44. The molecule has 1 atom stereocenters. The first-order chi connectivity index (χ1) is 9.49. The van der Waals surface area contributed by atoms with Crippen LogP contribution in [0.4, 0.5) is 5.13 Å². The number of hydrogen-bond donors (Lipinski definition) is 1. The van der Waals surface area contributed by atoms with Crippen molar-refractivity contribution in [3.8, 4) is 0 Å². The molecule has 5 heteroatoms. The van der Waals surface area contributed by atoms with Crippen molar-refractivity contribution in [2.45, 2.75) is 39.7 Å². The van der Waals surface area contributed by atoms with Crippen molar-refractivity contribution in [2.75, 3.05) is 5.32 Å². The first-order valence-corrected chi connectivity index (χ1v) is 8.06. The van der Waals surface area contributed by atoms with Crippen LogP contribution in [0.3, 0.4) is 0 Å². The summed E-state index contributed by atoms with van der Waals surface area (Å²) in [6.45, 7) is 6.65. The van der Waals surface area contributed by atoms with Crippen LogP contribution in [-0.4, -0.2) is 10.2 Å². The van der Waals surface area contributed by atoms with Crippen LogP contribution >= 0.6 is 22.9 Å². The van der Waals surface area contributed by atoms with Crippen LogP contribution in [0, 0.1) is 5.41 Å². The third kappa shape index (κ3) is 2.42. The molecular formula is C15H18ClN3S. The summed E-state index contributed by atoms with van der Waals surface area (Å²) in [7, 11) is 0. The van der Waals surface area contributed by atoms with Crippen molar-refractivity contribution in [3.05, 3.63) is 39.4 Å². The summed E-state index contributed by atoms with van der Waals surface area (Å²) in [5, 5.41) is 14.7. The zero-order chi connectivity index (χ0) is 14.3. The largest absolute Gasteiger partial charge is 0.353 e. The van der Waals surface area contributed by atoms with Crippen molar-refractivity contribution in [1.82, 2.24) is 10.2 Å². The van der Waals surface area contributed by atoms with E-state index in [1.54, 1.807) is 11.3 Å². The summed E-state index contributed by atoms with van der Waals surface area (Å²) < 4.78 is 0. The molecule has 1 aliphatic carbocycles. The number of halogens is 1. The molecule has 1 N–H and O–H groups in total. The smallest absolute Gasteiger partial charge is 0.206 e. The highest BCUT2D eigenvalue weighted by Crippen LogP contribution is 2.47. The third-order valence-corrected chi connectivity index (χ3v) is 5.12. The molecule has 0 saturated heterocycles. The van der Waals surface area contributed by atoms with Crippen LogP contribution in [0.1, 0.15) is 42.9 Å². The van der Waals surface area contributed by atoms with Gasteiger partial charge in [0.1, 0.15) is 5.01 Å². The normalized spacial score (nSPS) is 19.9. The van der Waals surface area contributed by atoms with Crippen molar-refractivity contribution in [1.29, 1.82) is 0 Å². The number of hydrogen-bond acceptors (Lipinski definition) is 4. The molecule has 2 aromatic rings. The lowest BCUT2D eigenvalue weighted by molar-refractivity contribution is 0.337. The first kappa shape index (κ1) is 13.8. The molecular weight excluding hydrogens is 290 g/mol. The van der Waals surface area contributed by atoms with E-state index in [1.807, 2.05) is 6.07 Å². The van der Waals surface area contributed by atoms with Gasteiger partial charge in [0, 0.05) is 5.02 Å². The van der Waals surface area contributed by atoms with E-state index in [9.17, 15) is 0 Å². The zero-order valence-electron chi connectivity index (χ0n) is 11.9. The molecule has 0 radical (unpaired) electrons. The molecule has 1 aromatic heterocycles. The van der Waals surface area contributed by atoms with Gasteiger partial charge in [0.2, 0.25) is 5.13 Å². The van der Waals surface area contributed by atoms with E-state index in [-0.39, 0.29) is 11.5 Å². The molecule has 3 nitrogen and oxygen atoms in total. The lowest BCUT2D eigenvalue weighted by Crippen LogP contribution is -2.24. The first-order valence-electron chi connectivity index (χ1n) is 6.87. The quantitative estimate of drug-likeness (QED) is 0.908. The fraction of sp³-hybridized carbons (Fsp3) is 0.467. The van der Waals surface area contributed by atoms with Gasteiger partial charge in [0.25, 0.3) is 0 Å². The van der Waals surface area contributed by atoms with Gasteiger partial charge in [-0.25, -0.2) is 0 Å². The van der Waals surface area contributed by atoms with E-state index < -0.39 is 0 Å². The molecule has 1 heterocycles. The Morgan fingerprint density at radius 1 is 1.40 bits per heavy atom. The highest BCUT2D eigenvalue weighted by atomic mass is 35.5. The van der Waals surface area contributed by atoms with Gasteiger partial charge in [-0.05, 0) is 41.5 Å². The predicted octanol–water partition coefficient (Wildman–Crippen LogP) is 4.49. The molecule has 3 rings (SSSR count). The maximum Gasteiger partial charge on any atom is 0.206 e. The second-order valence-electron chi connectivity index (χ2n) is 5.94. The number of nitrogens with zero attached hydrogens (tertiary/aromatic N) is 2. The second kappa shape index (κ2) is 5.01. The average Bonchev–Trinajstić information content (AvgIpc) is 2.94. The zero-order valence-corrected chi connectivity index (χ0v) is 13.5. The van der Waals surface area contributed by atoms with Crippen molar-refractivity contribution >= 4 is 28.1 Å². The number of rotatable bonds is 3. The molecule has 106 valence electrons. The SMILES string of the molecule is CCc1nnc(NC2c3cc(Cl)ccc3CC2(C)C)s1. The van der Waals surface area contributed by atoms with Gasteiger partial charge in [0.05, 0.1) is 6.04 Å². The lowest BCUT2D eigenvalue weighted by atomic mass is 9.85. The van der Waals surface area contributed by atoms with Crippen LogP contribution in [0.2, 0.25) is 5.02 Å². The van der Waals surface area contributed by atoms with Gasteiger partial charge < -0.3 is 5.32 Å².